The van der Waals surface area contributed by atoms with Crippen LogP contribution in [0.15, 0.2) is 24.3 Å². The number of carbonyl (C=O) groups excluding carboxylic acids is 2. The van der Waals surface area contributed by atoms with Crippen molar-refractivity contribution in [2.24, 2.45) is 5.92 Å². The summed E-state index contributed by atoms with van der Waals surface area (Å²) in [6.45, 7) is 0.598. The largest absolute Gasteiger partial charge is 0.461 e. The Morgan fingerprint density at radius 2 is 1.72 bits per heavy atom. The first kappa shape index (κ1) is 21.8. The quantitative estimate of drug-likeness (QED) is 0.333. The van der Waals surface area contributed by atoms with E-state index in [1.165, 1.54) is 19.3 Å². The maximum absolute atomic E-state index is 12.9. The second-order valence-corrected chi connectivity index (χ2v) is 8.45. The van der Waals surface area contributed by atoms with Crippen molar-refractivity contribution >= 4 is 11.9 Å². The SMILES string of the molecule is O=C(CCc1cccc(CN[C@H](C(=O)OC2CCCC2)C2CCCCC2)c1)NO. The van der Waals surface area contributed by atoms with Gasteiger partial charge in [-0.1, -0.05) is 43.5 Å². The lowest BCUT2D eigenvalue weighted by molar-refractivity contribution is -0.153. The Morgan fingerprint density at radius 1 is 1.03 bits per heavy atom. The fraction of sp³-hybridized carbons (Fsp3) is 0.652. The molecule has 2 fully saturated rings. The highest BCUT2D eigenvalue weighted by molar-refractivity contribution is 5.76. The molecule has 1 amide bonds. The van der Waals surface area contributed by atoms with Gasteiger partial charge in [-0.25, -0.2) is 5.48 Å². The van der Waals surface area contributed by atoms with Crippen molar-refractivity contribution in [3.8, 4) is 0 Å². The van der Waals surface area contributed by atoms with Gasteiger partial charge in [0, 0.05) is 13.0 Å². The van der Waals surface area contributed by atoms with Crippen LogP contribution >= 0.6 is 0 Å². The molecule has 2 aliphatic carbocycles. The van der Waals surface area contributed by atoms with Crippen molar-refractivity contribution in [2.45, 2.75) is 89.3 Å². The molecule has 29 heavy (non-hydrogen) atoms. The Hall–Kier alpha value is -1.92. The Morgan fingerprint density at radius 3 is 2.45 bits per heavy atom. The number of ether oxygens (including phenoxy) is 1. The molecular formula is C23H34N2O4. The van der Waals surface area contributed by atoms with Gasteiger partial charge in [-0.15, -0.1) is 0 Å². The minimum Gasteiger partial charge on any atom is -0.461 e. The number of benzene rings is 1. The zero-order chi connectivity index (χ0) is 20.5. The molecule has 0 saturated heterocycles. The smallest absolute Gasteiger partial charge is 0.323 e. The second-order valence-electron chi connectivity index (χ2n) is 8.45. The van der Waals surface area contributed by atoms with Crippen LogP contribution in [0.4, 0.5) is 0 Å². The monoisotopic (exact) mass is 402 g/mol. The Balaban J connectivity index is 1.59. The maximum Gasteiger partial charge on any atom is 0.323 e. The minimum atomic E-state index is -0.388. The van der Waals surface area contributed by atoms with E-state index in [4.69, 9.17) is 9.94 Å². The molecule has 0 aliphatic heterocycles. The summed E-state index contributed by atoms with van der Waals surface area (Å²) in [6.07, 6.45) is 11.0. The number of aryl methyl sites for hydroxylation is 1. The van der Waals surface area contributed by atoms with E-state index in [1.54, 1.807) is 5.48 Å². The topological polar surface area (TPSA) is 87.7 Å². The molecule has 0 heterocycles. The van der Waals surface area contributed by atoms with E-state index >= 15 is 0 Å². The Kier molecular flexibility index (Phi) is 8.50. The molecule has 0 aromatic heterocycles. The molecule has 6 nitrogen and oxygen atoms in total. The molecule has 2 aliphatic rings. The first-order valence-corrected chi connectivity index (χ1v) is 11.1. The van der Waals surface area contributed by atoms with Gasteiger partial charge in [-0.2, -0.15) is 0 Å². The molecule has 0 bridgehead atoms. The highest BCUT2D eigenvalue weighted by Crippen LogP contribution is 2.29. The average molecular weight is 403 g/mol. The first-order valence-electron chi connectivity index (χ1n) is 11.1. The molecule has 1 aromatic carbocycles. The van der Waals surface area contributed by atoms with E-state index in [0.717, 1.165) is 49.7 Å². The molecular weight excluding hydrogens is 368 g/mol. The van der Waals surface area contributed by atoms with Crippen molar-refractivity contribution in [2.75, 3.05) is 0 Å². The zero-order valence-electron chi connectivity index (χ0n) is 17.2. The van der Waals surface area contributed by atoms with Crippen LogP contribution in [-0.2, 0) is 27.3 Å². The van der Waals surface area contributed by atoms with Crippen molar-refractivity contribution in [1.29, 1.82) is 0 Å². The van der Waals surface area contributed by atoms with E-state index in [9.17, 15) is 9.59 Å². The molecule has 3 N–H and O–H groups in total. The third-order valence-corrected chi connectivity index (χ3v) is 6.24. The van der Waals surface area contributed by atoms with Gasteiger partial charge < -0.3 is 10.1 Å². The number of hydrogen-bond donors (Lipinski definition) is 3. The first-order chi connectivity index (χ1) is 14.2. The molecule has 3 rings (SSSR count). The van der Waals surface area contributed by atoms with Crippen LogP contribution in [0.1, 0.15) is 75.3 Å². The van der Waals surface area contributed by atoms with Gasteiger partial charge in [-0.05, 0) is 62.0 Å². The molecule has 160 valence electrons. The summed E-state index contributed by atoms with van der Waals surface area (Å²) >= 11 is 0. The third-order valence-electron chi connectivity index (χ3n) is 6.24. The summed E-state index contributed by atoms with van der Waals surface area (Å²) in [7, 11) is 0. The van der Waals surface area contributed by atoms with Crippen LogP contribution in [0, 0.1) is 5.92 Å². The second kappa shape index (κ2) is 11.3. The number of hydrogen-bond acceptors (Lipinski definition) is 5. The van der Waals surface area contributed by atoms with Crippen molar-refractivity contribution in [1.82, 2.24) is 10.8 Å². The number of hydroxylamine groups is 1. The van der Waals surface area contributed by atoms with E-state index < -0.39 is 0 Å². The van der Waals surface area contributed by atoms with Crippen LogP contribution in [0.2, 0.25) is 0 Å². The normalized spacial score (nSPS) is 19.1. The van der Waals surface area contributed by atoms with Crippen LogP contribution in [-0.4, -0.2) is 29.2 Å². The average Bonchev–Trinajstić information content (AvgIpc) is 3.26. The minimum absolute atomic E-state index is 0.0837. The van der Waals surface area contributed by atoms with E-state index in [0.29, 0.717) is 18.9 Å². The lowest BCUT2D eigenvalue weighted by Gasteiger charge is -2.30. The fourth-order valence-electron chi connectivity index (χ4n) is 4.59. The van der Waals surface area contributed by atoms with Gasteiger partial charge in [-0.3, -0.25) is 14.8 Å². The van der Waals surface area contributed by atoms with Gasteiger partial charge >= 0.3 is 5.97 Å². The molecule has 6 heteroatoms. The molecule has 1 aromatic rings. The predicted octanol–water partition coefficient (Wildman–Crippen LogP) is 3.65. The van der Waals surface area contributed by atoms with Crippen LogP contribution in [0.5, 0.6) is 0 Å². The molecule has 0 radical (unpaired) electrons. The number of esters is 1. The summed E-state index contributed by atoms with van der Waals surface area (Å²) in [4.78, 5) is 24.2. The fourth-order valence-corrected chi connectivity index (χ4v) is 4.59. The van der Waals surface area contributed by atoms with Gasteiger partial charge in [0.25, 0.3) is 0 Å². The third kappa shape index (κ3) is 6.82. The van der Waals surface area contributed by atoms with E-state index in [1.807, 2.05) is 18.2 Å². The standard InChI is InChI=1S/C23H34N2O4/c26-21(25-28)14-13-17-7-6-8-18(15-17)16-24-22(19-9-2-1-3-10-19)23(27)29-20-11-4-5-12-20/h6-8,15,19-20,22,24,28H,1-5,9-14,16H2,(H,25,26)/t22-/m0/s1. The predicted molar refractivity (Wildman–Crippen MR) is 110 cm³/mol. The lowest BCUT2D eigenvalue weighted by atomic mass is 9.83. The summed E-state index contributed by atoms with van der Waals surface area (Å²) < 4.78 is 5.85. The van der Waals surface area contributed by atoms with Gasteiger partial charge in [0.1, 0.15) is 12.1 Å². The molecule has 0 spiro atoms. The number of rotatable bonds is 9. The number of carbonyl (C=O) groups is 2. The summed E-state index contributed by atoms with van der Waals surface area (Å²) in [6, 6.07) is 7.78. The van der Waals surface area contributed by atoms with Crippen molar-refractivity contribution in [3.05, 3.63) is 35.4 Å². The van der Waals surface area contributed by atoms with Gasteiger partial charge in [0.2, 0.25) is 5.91 Å². The van der Waals surface area contributed by atoms with Gasteiger partial charge in [0.05, 0.1) is 0 Å². The number of amides is 1. The molecule has 1 atom stereocenters. The van der Waals surface area contributed by atoms with E-state index in [2.05, 4.69) is 11.4 Å². The van der Waals surface area contributed by atoms with Crippen molar-refractivity contribution < 1.29 is 19.5 Å². The number of nitrogens with one attached hydrogen (secondary N) is 2. The van der Waals surface area contributed by atoms with E-state index in [-0.39, 0.29) is 30.4 Å². The maximum atomic E-state index is 12.9. The zero-order valence-corrected chi connectivity index (χ0v) is 17.2. The Labute approximate surface area is 173 Å². The lowest BCUT2D eigenvalue weighted by Crippen LogP contribution is -2.45. The van der Waals surface area contributed by atoms with Crippen LogP contribution < -0.4 is 10.8 Å². The summed E-state index contributed by atoms with van der Waals surface area (Å²) in [5.41, 5.74) is 3.79. The Bertz CT molecular complexity index is 667. The van der Waals surface area contributed by atoms with Crippen LogP contribution in [0.25, 0.3) is 0 Å². The summed E-state index contributed by atoms with van der Waals surface area (Å²) in [5.74, 6) is -0.130. The van der Waals surface area contributed by atoms with Crippen molar-refractivity contribution in [3.63, 3.8) is 0 Å². The van der Waals surface area contributed by atoms with Crippen LogP contribution in [0.3, 0.4) is 0 Å². The summed E-state index contributed by atoms with van der Waals surface area (Å²) in [5, 5.41) is 12.1. The molecule has 2 saturated carbocycles. The van der Waals surface area contributed by atoms with Gasteiger partial charge in [0.15, 0.2) is 0 Å². The highest BCUT2D eigenvalue weighted by atomic mass is 16.5. The molecule has 0 unspecified atom stereocenters. The highest BCUT2D eigenvalue weighted by Gasteiger charge is 2.32.